The number of nitrogens with two attached hydrogens (primary N) is 2. The van der Waals surface area contributed by atoms with Gasteiger partial charge >= 0.3 is 22.3 Å². The second kappa shape index (κ2) is 13.3. The molecule has 0 radical (unpaired) electrons. The fourth-order valence-corrected chi connectivity index (χ4v) is 4.28. The largest absolute Gasteiger partial charge is 0.493 e. The van der Waals surface area contributed by atoms with Crippen molar-refractivity contribution < 1.29 is 32.3 Å². The molecule has 15 heteroatoms. The zero-order valence-corrected chi connectivity index (χ0v) is 20.9. The van der Waals surface area contributed by atoms with Gasteiger partial charge in [0, 0.05) is 18.3 Å². The third-order valence-electron chi connectivity index (χ3n) is 4.50. The summed E-state index contributed by atoms with van der Waals surface area (Å²) in [6.45, 7) is 2.67. The standard InChI is InChI=1S/C19H20N2O3S.C2H6N4O4S/c1-2-13-3-6-15(20-12-13)9-10-24-16-7-4-14(5-8-16)11-17-18(22)21-19(23)25-17;3-1(7)5-11(9,10)6-2(4)8/h3-8,12,17H,2,9-11H2,1H3,(H,21,22,23);(H3,3,5,7)(H3,4,6,8). The fourth-order valence-electron chi connectivity index (χ4n) is 2.84. The molecule has 3 rings (SSSR count). The van der Waals surface area contributed by atoms with Crippen molar-refractivity contribution in [1.29, 1.82) is 0 Å². The number of nitrogens with zero attached hydrogens (tertiary/aromatic N) is 1. The first-order chi connectivity index (χ1) is 17.0. The molecule has 13 nitrogen and oxygen atoms in total. The summed E-state index contributed by atoms with van der Waals surface area (Å²) in [5.74, 6) is 0.574. The van der Waals surface area contributed by atoms with E-state index < -0.39 is 22.3 Å². The minimum atomic E-state index is -4.23. The van der Waals surface area contributed by atoms with Crippen LogP contribution in [-0.4, -0.2) is 48.5 Å². The Morgan fingerprint density at radius 1 is 1.06 bits per heavy atom. The first kappa shape index (κ1) is 28.4. The molecule has 194 valence electrons. The van der Waals surface area contributed by atoms with Gasteiger partial charge in [0.25, 0.3) is 5.24 Å². The molecule has 1 aromatic carbocycles. The van der Waals surface area contributed by atoms with Crippen LogP contribution in [0.4, 0.5) is 14.4 Å². The predicted octanol–water partition coefficient (Wildman–Crippen LogP) is 0.727. The number of primary amides is 2. The number of thioether (sulfide) groups is 1. The summed E-state index contributed by atoms with van der Waals surface area (Å²) in [5.41, 5.74) is 12.1. The molecular weight excluding hydrogens is 512 g/mol. The average Bonchev–Trinajstić information content (AvgIpc) is 3.10. The van der Waals surface area contributed by atoms with E-state index in [9.17, 15) is 27.6 Å². The molecule has 0 spiro atoms. The molecule has 0 bridgehead atoms. The van der Waals surface area contributed by atoms with Gasteiger partial charge in [0.2, 0.25) is 5.91 Å². The van der Waals surface area contributed by atoms with Crippen LogP contribution in [0.1, 0.15) is 23.7 Å². The Morgan fingerprint density at radius 2 is 1.67 bits per heavy atom. The zero-order chi connectivity index (χ0) is 26.7. The summed E-state index contributed by atoms with van der Waals surface area (Å²) >= 11 is 1.05. The van der Waals surface area contributed by atoms with Crippen molar-refractivity contribution in [3.05, 3.63) is 59.4 Å². The minimum Gasteiger partial charge on any atom is -0.493 e. The molecule has 1 saturated heterocycles. The Balaban J connectivity index is 0.000000352. The number of aryl methyl sites for hydroxylation is 1. The lowest BCUT2D eigenvalue weighted by Gasteiger charge is -2.09. The van der Waals surface area contributed by atoms with Gasteiger partial charge in [-0.1, -0.05) is 36.9 Å². The van der Waals surface area contributed by atoms with Crippen molar-refractivity contribution in [2.75, 3.05) is 6.61 Å². The number of rotatable bonds is 9. The first-order valence-electron chi connectivity index (χ1n) is 10.5. The highest BCUT2D eigenvalue weighted by atomic mass is 32.2. The van der Waals surface area contributed by atoms with Crippen molar-refractivity contribution in [1.82, 2.24) is 19.7 Å². The number of urea groups is 2. The van der Waals surface area contributed by atoms with E-state index >= 15 is 0 Å². The summed E-state index contributed by atoms with van der Waals surface area (Å²) in [7, 11) is -4.23. The van der Waals surface area contributed by atoms with Gasteiger partial charge in [-0.2, -0.15) is 8.42 Å². The van der Waals surface area contributed by atoms with Crippen LogP contribution in [0.5, 0.6) is 5.75 Å². The smallest absolute Gasteiger partial charge is 0.328 e. The highest BCUT2D eigenvalue weighted by molar-refractivity contribution is 8.15. The van der Waals surface area contributed by atoms with Crippen LogP contribution in [0.3, 0.4) is 0 Å². The van der Waals surface area contributed by atoms with E-state index in [0.717, 1.165) is 41.6 Å². The number of nitrogens with one attached hydrogen (secondary N) is 3. The maximum atomic E-state index is 11.6. The summed E-state index contributed by atoms with van der Waals surface area (Å²) in [4.78, 5) is 47.1. The van der Waals surface area contributed by atoms with Crippen LogP contribution >= 0.6 is 11.8 Å². The number of aromatic nitrogens is 1. The number of benzene rings is 1. The second-order valence-electron chi connectivity index (χ2n) is 7.28. The van der Waals surface area contributed by atoms with Gasteiger partial charge in [-0.3, -0.25) is 19.9 Å². The van der Waals surface area contributed by atoms with E-state index in [-0.39, 0.29) is 16.4 Å². The van der Waals surface area contributed by atoms with Crippen LogP contribution in [0.25, 0.3) is 0 Å². The van der Waals surface area contributed by atoms with Gasteiger partial charge in [0.05, 0.1) is 11.9 Å². The van der Waals surface area contributed by atoms with Gasteiger partial charge < -0.3 is 16.2 Å². The monoisotopic (exact) mass is 538 g/mol. The van der Waals surface area contributed by atoms with Gasteiger partial charge in [-0.15, -0.1) is 0 Å². The molecule has 1 aromatic heterocycles. The first-order valence-corrected chi connectivity index (χ1v) is 12.9. The highest BCUT2D eigenvalue weighted by Crippen LogP contribution is 2.23. The van der Waals surface area contributed by atoms with E-state index in [1.165, 1.54) is 15.0 Å². The number of carbonyl (C=O) groups is 4. The number of imide groups is 1. The maximum Gasteiger partial charge on any atom is 0.328 e. The molecule has 2 aromatic rings. The van der Waals surface area contributed by atoms with Crippen molar-refractivity contribution in [3.8, 4) is 5.75 Å². The number of carbonyl (C=O) groups excluding carboxylic acids is 4. The molecule has 7 N–H and O–H groups in total. The second-order valence-corrected chi connectivity index (χ2v) is 9.87. The van der Waals surface area contributed by atoms with E-state index in [4.69, 9.17) is 4.74 Å². The number of amides is 6. The number of hydrogen-bond donors (Lipinski definition) is 5. The van der Waals surface area contributed by atoms with Crippen molar-refractivity contribution in [2.45, 2.75) is 31.4 Å². The van der Waals surface area contributed by atoms with Crippen LogP contribution in [-0.2, 0) is 34.3 Å². The molecule has 6 amide bonds. The lowest BCUT2D eigenvalue weighted by Crippen LogP contribution is -2.46. The normalized spacial score (nSPS) is 14.8. The summed E-state index contributed by atoms with van der Waals surface area (Å²) in [6.07, 6.45) is 4.19. The van der Waals surface area contributed by atoms with E-state index in [1.807, 2.05) is 36.5 Å². The lowest BCUT2D eigenvalue weighted by molar-refractivity contribution is -0.118. The molecule has 1 unspecified atom stereocenters. The lowest BCUT2D eigenvalue weighted by atomic mass is 10.1. The molecule has 2 heterocycles. The van der Waals surface area contributed by atoms with Gasteiger partial charge in [0.15, 0.2) is 0 Å². The van der Waals surface area contributed by atoms with Crippen molar-refractivity contribution in [2.24, 2.45) is 11.5 Å². The predicted molar refractivity (Wildman–Crippen MR) is 132 cm³/mol. The van der Waals surface area contributed by atoms with Crippen LogP contribution in [0, 0.1) is 0 Å². The molecule has 1 fully saturated rings. The van der Waals surface area contributed by atoms with Crippen LogP contribution in [0.2, 0.25) is 0 Å². The molecular formula is C21H26N6O7S2. The zero-order valence-electron chi connectivity index (χ0n) is 19.2. The summed E-state index contributed by atoms with van der Waals surface area (Å²) in [5, 5.41) is 1.70. The molecule has 1 aliphatic heterocycles. The summed E-state index contributed by atoms with van der Waals surface area (Å²) in [6, 6.07) is 9.17. The van der Waals surface area contributed by atoms with Gasteiger partial charge in [-0.25, -0.2) is 19.0 Å². The quantitative estimate of drug-likeness (QED) is 0.304. The van der Waals surface area contributed by atoms with E-state index in [2.05, 4.69) is 34.8 Å². The number of pyridine rings is 1. The molecule has 0 aliphatic carbocycles. The Morgan fingerprint density at radius 3 is 2.14 bits per heavy atom. The molecule has 1 atom stereocenters. The maximum absolute atomic E-state index is 11.6. The Kier molecular flexibility index (Phi) is 10.5. The Bertz CT molecular complexity index is 1170. The van der Waals surface area contributed by atoms with Crippen LogP contribution in [0.15, 0.2) is 42.6 Å². The number of ether oxygens (including phenoxy) is 1. The topological polar surface area (TPSA) is 213 Å². The highest BCUT2D eigenvalue weighted by Gasteiger charge is 2.31. The summed E-state index contributed by atoms with van der Waals surface area (Å²) < 4.78 is 29.1. The molecule has 0 saturated carbocycles. The third kappa shape index (κ3) is 10.2. The van der Waals surface area contributed by atoms with Gasteiger partial charge in [-0.05, 0) is 42.2 Å². The fraction of sp³-hybridized carbons (Fsp3) is 0.286. The minimum absolute atomic E-state index is 0.211. The van der Waals surface area contributed by atoms with Crippen molar-refractivity contribution >= 4 is 45.2 Å². The number of hydrogen-bond acceptors (Lipinski definition) is 9. The third-order valence-corrected chi connectivity index (χ3v) is 6.42. The van der Waals surface area contributed by atoms with Crippen molar-refractivity contribution in [3.63, 3.8) is 0 Å². The SMILES string of the molecule is CCc1ccc(CCOc2ccc(CC3SC(=O)NC3=O)cc2)nc1.NC(=O)NS(=O)(=O)NC(N)=O. The Hall–Kier alpha value is -3.85. The average molecular weight is 539 g/mol. The van der Waals surface area contributed by atoms with Gasteiger partial charge in [0.1, 0.15) is 5.75 Å². The van der Waals surface area contributed by atoms with Crippen LogP contribution < -0.4 is 31.0 Å². The van der Waals surface area contributed by atoms with E-state index in [1.54, 1.807) is 0 Å². The molecule has 1 aliphatic rings. The van der Waals surface area contributed by atoms with E-state index in [0.29, 0.717) is 13.0 Å². The molecule has 36 heavy (non-hydrogen) atoms. The Labute approximate surface area is 211 Å².